The maximum Gasteiger partial charge on any atom is 0.137 e. The maximum absolute atomic E-state index is 13.3. The first-order chi connectivity index (χ1) is 18.1. The van der Waals surface area contributed by atoms with Crippen LogP contribution in [-0.2, 0) is 19.6 Å². The molecule has 0 spiro atoms. The number of pyridine rings is 2. The van der Waals surface area contributed by atoms with Gasteiger partial charge in [-0.1, -0.05) is 17.3 Å². The van der Waals surface area contributed by atoms with Crippen molar-refractivity contribution in [3.05, 3.63) is 95.6 Å². The molecule has 0 atom stereocenters. The van der Waals surface area contributed by atoms with Crippen LogP contribution in [0.15, 0.2) is 67.4 Å². The lowest BCUT2D eigenvalue weighted by Crippen LogP contribution is -2.17. The van der Waals surface area contributed by atoms with Crippen LogP contribution in [0.3, 0.4) is 0 Å². The van der Waals surface area contributed by atoms with Gasteiger partial charge >= 0.3 is 0 Å². The van der Waals surface area contributed by atoms with Gasteiger partial charge in [-0.15, -0.1) is 5.10 Å². The number of nitrogens with one attached hydrogen (secondary N) is 1. The van der Waals surface area contributed by atoms with Crippen molar-refractivity contribution in [3.63, 3.8) is 0 Å². The van der Waals surface area contributed by atoms with Gasteiger partial charge in [-0.2, -0.15) is 0 Å². The highest BCUT2D eigenvalue weighted by molar-refractivity contribution is 5.63. The number of benzene rings is 1. The van der Waals surface area contributed by atoms with Gasteiger partial charge in [0.2, 0.25) is 0 Å². The summed E-state index contributed by atoms with van der Waals surface area (Å²) >= 11 is 0. The smallest absolute Gasteiger partial charge is 0.137 e. The molecule has 8 nitrogen and oxygen atoms in total. The molecule has 0 aliphatic carbocycles. The Morgan fingerprint density at radius 2 is 1.86 bits per heavy atom. The van der Waals surface area contributed by atoms with Crippen LogP contribution in [0.2, 0.25) is 0 Å². The molecule has 0 saturated carbocycles. The molecule has 1 aliphatic rings. The average molecular weight is 497 g/mol. The molecule has 0 radical (unpaired) electrons. The number of rotatable bonds is 8. The van der Waals surface area contributed by atoms with E-state index in [9.17, 15) is 4.39 Å². The fourth-order valence-corrected chi connectivity index (χ4v) is 4.86. The van der Waals surface area contributed by atoms with Crippen LogP contribution in [0.25, 0.3) is 16.9 Å². The Kier molecular flexibility index (Phi) is 6.36. The second-order valence-electron chi connectivity index (χ2n) is 9.64. The van der Waals surface area contributed by atoms with Crippen molar-refractivity contribution in [1.82, 2.24) is 34.7 Å². The summed E-state index contributed by atoms with van der Waals surface area (Å²) < 4.78 is 17.2. The maximum atomic E-state index is 13.3. The van der Waals surface area contributed by atoms with Gasteiger partial charge < -0.3 is 14.6 Å². The molecular formula is C28H29FN8. The number of aromatic nitrogens is 6. The molecule has 0 bridgehead atoms. The van der Waals surface area contributed by atoms with Crippen molar-refractivity contribution in [1.29, 1.82) is 0 Å². The quantitative estimate of drug-likeness (QED) is 0.344. The van der Waals surface area contributed by atoms with Crippen LogP contribution in [0, 0.1) is 12.7 Å². The summed E-state index contributed by atoms with van der Waals surface area (Å²) in [6.45, 7) is 6.02. The van der Waals surface area contributed by atoms with E-state index in [1.165, 1.54) is 18.9 Å². The van der Waals surface area contributed by atoms with Gasteiger partial charge in [0.15, 0.2) is 0 Å². The van der Waals surface area contributed by atoms with Gasteiger partial charge in [-0.3, -0.25) is 4.98 Å². The zero-order valence-corrected chi connectivity index (χ0v) is 20.8. The first-order valence-electron chi connectivity index (χ1n) is 12.6. The van der Waals surface area contributed by atoms with E-state index in [0.717, 1.165) is 58.1 Å². The van der Waals surface area contributed by atoms with Gasteiger partial charge in [-0.25, -0.2) is 14.1 Å². The number of anilines is 1. The van der Waals surface area contributed by atoms with Crippen molar-refractivity contribution in [2.75, 3.05) is 18.0 Å². The van der Waals surface area contributed by atoms with E-state index in [1.807, 2.05) is 52.9 Å². The van der Waals surface area contributed by atoms with Crippen LogP contribution in [0.4, 0.5) is 10.1 Å². The van der Waals surface area contributed by atoms with Crippen LogP contribution in [0.1, 0.15) is 35.2 Å². The van der Waals surface area contributed by atoms with Crippen molar-refractivity contribution >= 4 is 11.3 Å². The number of imidazole rings is 1. The Morgan fingerprint density at radius 1 is 0.973 bits per heavy atom. The van der Waals surface area contributed by atoms with E-state index in [1.54, 1.807) is 6.07 Å². The van der Waals surface area contributed by atoms with Crippen LogP contribution >= 0.6 is 0 Å². The average Bonchev–Trinajstić information content (AvgIpc) is 3.67. The third kappa shape index (κ3) is 5.22. The minimum Gasteiger partial charge on any atom is -0.370 e. The standard InChI is InChI=1S/C28H29FN8/c1-20-10-24(29)6-5-22(20)13-30-12-21-4-7-28-32-25(17-36(28)16-21)18-37-19-27(33-34-37)23-11-26(15-31-14-23)35-8-2-3-9-35/h4-7,10-11,14-17,19,30H,2-3,8-9,12-13,18H2,1H3. The third-order valence-electron chi connectivity index (χ3n) is 6.86. The normalized spacial score (nSPS) is 13.6. The zero-order valence-electron chi connectivity index (χ0n) is 20.8. The lowest BCUT2D eigenvalue weighted by Gasteiger charge is -2.17. The molecule has 4 aromatic heterocycles. The number of aryl methyl sites for hydroxylation is 1. The highest BCUT2D eigenvalue weighted by atomic mass is 19.1. The summed E-state index contributed by atoms with van der Waals surface area (Å²) in [4.78, 5) is 11.5. The largest absolute Gasteiger partial charge is 0.370 e. The summed E-state index contributed by atoms with van der Waals surface area (Å²) in [6.07, 6.45) is 12.3. The summed E-state index contributed by atoms with van der Waals surface area (Å²) in [6, 6.07) is 11.1. The van der Waals surface area contributed by atoms with E-state index in [-0.39, 0.29) is 5.82 Å². The van der Waals surface area contributed by atoms with E-state index >= 15 is 0 Å². The van der Waals surface area contributed by atoms with Gasteiger partial charge in [-0.05, 0) is 60.7 Å². The Labute approximate surface area is 214 Å². The molecule has 37 heavy (non-hydrogen) atoms. The van der Waals surface area contributed by atoms with Crippen LogP contribution in [-0.4, -0.2) is 42.5 Å². The topological polar surface area (TPSA) is 76.2 Å². The van der Waals surface area contributed by atoms with Gasteiger partial charge in [0, 0.05) is 50.3 Å². The molecule has 1 saturated heterocycles. The second-order valence-corrected chi connectivity index (χ2v) is 9.64. The molecule has 0 unspecified atom stereocenters. The lowest BCUT2D eigenvalue weighted by molar-refractivity contribution is 0.623. The van der Waals surface area contributed by atoms with Crippen molar-refractivity contribution in [2.24, 2.45) is 0 Å². The van der Waals surface area contributed by atoms with Gasteiger partial charge in [0.1, 0.15) is 17.2 Å². The number of hydrogen-bond donors (Lipinski definition) is 1. The molecule has 9 heteroatoms. The number of nitrogens with zero attached hydrogens (tertiary/aromatic N) is 7. The Morgan fingerprint density at radius 3 is 2.73 bits per heavy atom. The van der Waals surface area contributed by atoms with Gasteiger partial charge in [0.25, 0.3) is 0 Å². The van der Waals surface area contributed by atoms with Crippen molar-refractivity contribution < 1.29 is 4.39 Å². The summed E-state index contributed by atoms with van der Waals surface area (Å²) in [5, 5.41) is 12.1. The van der Waals surface area contributed by atoms with E-state index in [4.69, 9.17) is 4.98 Å². The minimum absolute atomic E-state index is 0.200. The number of fused-ring (bicyclic) bond motifs is 1. The molecule has 1 N–H and O–H groups in total. The molecule has 5 heterocycles. The van der Waals surface area contributed by atoms with Crippen molar-refractivity contribution in [2.45, 2.75) is 39.4 Å². The molecule has 6 rings (SSSR count). The predicted octanol–water partition coefficient (Wildman–Crippen LogP) is 4.37. The zero-order chi connectivity index (χ0) is 25.2. The number of hydrogen-bond acceptors (Lipinski definition) is 6. The Balaban J connectivity index is 1.11. The van der Waals surface area contributed by atoms with Crippen LogP contribution in [0.5, 0.6) is 0 Å². The predicted molar refractivity (Wildman–Crippen MR) is 141 cm³/mol. The SMILES string of the molecule is Cc1cc(F)ccc1CNCc1ccc2nc(Cn3cc(-c4cncc(N5CCCC5)c4)nn3)cn2c1. The highest BCUT2D eigenvalue weighted by Gasteiger charge is 2.14. The molecule has 188 valence electrons. The van der Waals surface area contributed by atoms with E-state index in [2.05, 4.69) is 43.8 Å². The minimum atomic E-state index is -0.200. The molecule has 1 aromatic carbocycles. The Bertz CT molecular complexity index is 1530. The first-order valence-corrected chi connectivity index (χ1v) is 12.6. The first kappa shape index (κ1) is 23.3. The Hall–Kier alpha value is -4.11. The van der Waals surface area contributed by atoms with E-state index in [0.29, 0.717) is 19.6 Å². The molecule has 0 amide bonds. The summed E-state index contributed by atoms with van der Waals surface area (Å²) in [7, 11) is 0. The fraction of sp³-hybridized carbons (Fsp3) is 0.286. The van der Waals surface area contributed by atoms with Gasteiger partial charge in [0.05, 0.1) is 30.3 Å². The lowest BCUT2D eigenvalue weighted by atomic mass is 10.1. The van der Waals surface area contributed by atoms with Crippen LogP contribution < -0.4 is 10.2 Å². The second kappa shape index (κ2) is 10.1. The number of halogens is 1. The monoisotopic (exact) mass is 496 g/mol. The molecule has 1 fully saturated rings. The molecule has 5 aromatic rings. The third-order valence-corrected chi connectivity index (χ3v) is 6.86. The molecule has 1 aliphatic heterocycles. The molecular weight excluding hydrogens is 467 g/mol. The highest BCUT2D eigenvalue weighted by Crippen LogP contribution is 2.24. The van der Waals surface area contributed by atoms with E-state index < -0.39 is 0 Å². The summed E-state index contributed by atoms with van der Waals surface area (Å²) in [5.74, 6) is -0.200. The fourth-order valence-electron chi connectivity index (χ4n) is 4.86. The van der Waals surface area contributed by atoms with Crippen molar-refractivity contribution in [3.8, 4) is 11.3 Å². The summed E-state index contributed by atoms with van der Waals surface area (Å²) in [5.41, 5.74) is 7.91.